The molecule has 0 bridgehead atoms. The Kier molecular flexibility index (Phi) is 7.84. The molecular weight excluding hydrogens is 506 g/mol. The lowest BCUT2D eigenvalue weighted by atomic mass is 9.79. The van der Waals surface area contributed by atoms with Crippen molar-refractivity contribution in [3.8, 4) is 0 Å². The second kappa shape index (κ2) is 11.1. The van der Waals surface area contributed by atoms with E-state index in [4.69, 9.17) is 11.6 Å². The Bertz CT molecular complexity index is 1290. The van der Waals surface area contributed by atoms with Gasteiger partial charge in [-0.05, 0) is 54.0 Å². The van der Waals surface area contributed by atoms with Gasteiger partial charge >= 0.3 is 0 Å². The number of carbonyl (C=O) groups is 2. The highest BCUT2D eigenvalue weighted by Gasteiger charge is 2.62. The van der Waals surface area contributed by atoms with Gasteiger partial charge in [-0.1, -0.05) is 84.4 Å². The summed E-state index contributed by atoms with van der Waals surface area (Å²) in [5, 5.41) is 0.680. The third kappa shape index (κ3) is 5.35. The van der Waals surface area contributed by atoms with Gasteiger partial charge in [0.15, 0.2) is 0 Å². The molecule has 6 heteroatoms. The first kappa shape index (κ1) is 27.4. The van der Waals surface area contributed by atoms with Crippen LogP contribution in [0.1, 0.15) is 42.9 Å². The van der Waals surface area contributed by atoms with Gasteiger partial charge in [-0.3, -0.25) is 9.59 Å². The molecule has 5 rings (SSSR count). The minimum absolute atomic E-state index is 0.0864. The highest BCUT2D eigenvalue weighted by atomic mass is 35.5. The largest absolute Gasteiger partial charge is 0.341 e. The number of likely N-dealkylation sites (tertiary alicyclic amines) is 1. The molecule has 0 N–H and O–H groups in total. The Morgan fingerprint density at radius 1 is 0.872 bits per heavy atom. The van der Waals surface area contributed by atoms with Crippen molar-refractivity contribution in [1.29, 1.82) is 0 Å². The molecule has 1 heterocycles. The van der Waals surface area contributed by atoms with Crippen LogP contribution in [-0.4, -0.2) is 60.2 Å². The molecule has 204 valence electrons. The number of halogens is 1. The van der Waals surface area contributed by atoms with Gasteiger partial charge in [0.1, 0.15) is 0 Å². The molecule has 0 aromatic heterocycles. The molecule has 5 nitrogen and oxygen atoms in total. The first-order valence-electron chi connectivity index (χ1n) is 13.8. The van der Waals surface area contributed by atoms with Crippen molar-refractivity contribution in [3.05, 3.63) is 107 Å². The van der Waals surface area contributed by atoms with Gasteiger partial charge < -0.3 is 14.7 Å². The molecule has 1 aliphatic carbocycles. The summed E-state index contributed by atoms with van der Waals surface area (Å²) < 4.78 is 0. The number of hydrogen-bond acceptors (Lipinski definition) is 3. The van der Waals surface area contributed by atoms with Crippen LogP contribution < -0.4 is 0 Å². The van der Waals surface area contributed by atoms with E-state index in [-0.39, 0.29) is 23.3 Å². The average molecular weight is 544 g/mol. The van der Waals surface area contributed by atoms with Crippen LogP contribution in [0, 0.1) is 5.92 Å². The van der Waals surface area contributed by atoms with Gasteiger partial charge in [0.25, 0.3) is 0 Å². The molecule has 2 fully saturated rings. The van der Waals surface area contributed by atoms with Crippen LogP contribution >= 0.6 is 11.6 Å². The number of rotatable bonds is 8. The predicted octanol–water partition coefficient (Wildman–Crippen LogP) is 5.73. The van der Waals surface area contributed by atoms with E-state index in [9.17, 15) is 9.59 Å². The van der Waals surface area contributed by atoms with Gasteiger partial charge in [-0.15, -0.1) is 0 Å². The van der Waals surface area contributed by atoms with Gasteiger partial charge in [-0.2, -0.15) is 0 Å². The minimum Gasteiger partial charge on any atom is -0.341 e. The van der Waals surface area contributed by atoms with Crippen LogP contribution in [0.25, 0.3) is 0 Å². The monoisotopic (exact) mass is 543 g/mol. The fraction of sp³-hybridized carbons (Fsp3) is 0.394. The number of piperidine rings is 1. The third-order valence-electron chi connectivity index (χ3n) is 9.04. The van der Waals surface area contributed by atoms with Crippen molar-refractivity contribution >= 4 is 23.4 Å². The average Bonchev–Trinajstić information content (AvgIpc) is 3.68. The minimum atomic E-state index is -0.530. The number of carbonyl (C=O) groups excluding carboxylic acids is 2. The molecular formula is C33H38ClN3O2. The first-order valence-corrected chi connectivity index (χ1v) is 14.2. The summed E-state index contributed by atoms with van der Waals surface area (Å²) in [5.41, 5.74) is 2.54. The molecule has 1 aliphatic heterocycles. The van der Waals surface area contributed by atoms with Crippen LogP contribution in [0.4, 0.5) is 0 Å². The standard InChI is InChI=1S/C33H38ClN3O2/c1-25(38)36(3)32(27-12-8-5-9-13-27)18-20-37(21-19-32)24-29-22-33(29,28-14-16-30(34)17-15-28)31(39)35(2)23-26-10-6-4-7-11-26/h4-17,29H,18-24H2,1-3H3. The fourth-order valence-corrected chi connectivity index (χ4v) is 6.72. The molecule has 0 spiro atoms. The second-order valence-electron chi connectivity index (χ2n) is 11.3. The lowest BCUT2D eigenvalue weighted by molar-refractivity contribution is -0.136. The molecule has 1 saturated heterocycles. The predicted molar refractivity (Wildman–Crippen MR) is 156 cm³/mol. The summed E-state index contributed by atoms with van der Waals surface area (Å²) in [5.74, 6) is 0.494. The van der Waals surface area contributed by atoms with Crippen LogP contribution in [0.2, 0.25) is 5.02 Å². The van der Waals surface area contributed by atoms with E-state index in [0.717, 1.165) is 50.0 Å². The van der Waals surface area contributed by atoms with Crippen molar-refractivity contribution in [2.75, 3.05) is 33.7 Å². The maximum Gasteiger partial charge on any atom is 0.233 e. The summed E-state index contributed by atoms with van der Waals surface area (Å²) in [4.78, 5) is 32.8. The van der Waals surface area contributed by atoms with Gasteiger partial charge in [0.2, 0.25) is 11.8 Å². The normalized spacial score (nSPS) is 22.2. The van der Waals surface area contributed by atoms with Crippen molar-refractivity contribution in [2.45, 2.75) is 43.7 Å². The zero-order valence-electron chi connectivity index (χ0n) is 23.1. The quantitative estimate of drug-likeness (QED) is 0.365. The zero-order chi connectivity index (χ0) is 27.6. The summed E-state index contributed by atoms with van der Waals surface area (Å²) in [6, 6.07) is 28.4. The van der Waals surface area contributed by atoms with Crippen molar-refractivity contribution in [1.82, 2.24) is 14.7 Å². The topological polar surface area (TPSA) is 43.9 Å². The number of likely N-dealkylation sites (N-methyl/N-ethyl adjacent to an activating group) is 1. The molecule has 2 atom stereocenters. The lowest BCUT2D eigenvalue weighted by Gasteiger charge is -2.48. The summed E-state index contributed by atoms with van der Waals surface area (Å²) in [6.45, 7) is 4.87. The highest BCUT2D eigenvalue weighted by Crippen LogP contribution is 2.56. The van der Waals surface area contributed by atoms with E-state index in [0.29, 0.717) is 11.6 Å². The maximum absolute atomic E-state index is 14.1. The number of nitrogens with zero attached hydrogens (tertiary/aromatic N) is 3. The third-order valence-corrected chi connectivity index (χ3v) is 9.29. The molecule has 2 amide bonds. The Morgan fingerprint density at radius 2 is 1.46 bits per heavy atom. The number of amides is 2. The van der Waals surface area contributed by atoms with Crippen LogP contribution in [0.3, 0.4) is 0 Å². The molecule has 0 radical (unpaired) electrons. The van der Waals surface area contributed by atoms with E-state index in [1.807, 2.05) is 72.4 Å². The fourth-order valence-electron chi connectivity index (χ4n) is 6.59. The Balaban J connectivity index is 1.33. The Labute approximate surface area is 237 Å². The Morgan fingerprint density at radius 3 is 2.05 bits per heavy atom. The SMILES string of the molecule is CC(=O)N(C)C1(c2ccccc2)CCN(CC2CC2(C(=O)N(C)Cc2ccccc2)c2ccc(Cl)cc2)CC1. The highest BCUT2D eigenvalue weighted by molar-refractivity contribution is 6.30. The smallest absolute Gasteiger partial charge is 0.233 e. The molecule has 2 aliphatic rings. The van der Waals surface area contributed by atoms with Gasteiger partial charge in [0.05, 0.1) is 11.0 Å². The first-order chi connectivity index (χ1) is 18.8. The summed E-state index contributed by atoms with van der Waals surface area (Å²) in [7, 11) is 3.84. The molecule has 39 heavy (non-hydrogen) atoms. The summed E-state index contributed by atoms with van der Waals surface area (Å²) in [6.07, 6.45) is 2.57. The molecule has 2 unspecified atom stereocenters. The molecule has 3 aromatic carbocycles. The molecule has 1 saturated carbocycles. The van der Waals surface area contributed by atoms with E-state index in [1.54, 1.807) is 6.92 Å². The van der Waals surface area contributed by atoms with E-state index in [2.05, 4.69) is 41.3 Å². The second-order valence-corrected chi connectivity index (χ2v) is 11.7. The van der Waals surface area contributed by atoms with Crippen molar-refractivity contribution in [3.63, 3.8) is 0 Å². The van der Waals surface area contributed by atoms with Crippen LogP contribution in [0.15, 0.2) is 84.9 Å². The maximum atomic E-state index is 14.1. The van der Waals surface area contributed by atoms with Gasteiger partial charge in [0, 0.05) is 52.2 Å². The van der Waals surface area contributed by atoms with Crippen molar-refractivity contribution < 1.29 is 9.59 Å². The van der Waals surface area contributed by atoms with Gasteiger partial charge in [-0.25, -0.2) is 0 Å². The van der Waals surface area contributed by atoms with Crippen LogP contribution in [0.5, 0.6) is 0 Å². The van der Waals surface area contributed by atoms with Crippen LogP contribution in [-0.2, 0) is 27.1 Å². The number of hydrogen-bond donors (Lipinski definition) is 0. The molecule has 3 aromatic rings. The van der Waals surface area contributed by atoms with E-state index < -0.39 is 5.41 Å². The van der Waals surface area contributed by atoms with Crippen molar-refractivity contribution in [2.24, 2.45) is 5.92 Å². The zero-order valence-corrected chi connectivity index (χ0v) is 23.9. The summed E-state index contributed by atoms with van der Waals surface area (Å²) >= 11 is 6.22. The Hall–Kier alpha value is -3.15. The van der Waals surface area contributed by atoms with E-state index >= 15 is 0 Å². The lowest BCUT2D eigenvalue weighted by Crippen LogP contribution is -2.53. The number of benzene rings is 3. The van der Waals surface area contributed by atoms with E-state index in [1.165, 1.54) is 5.56 Å².